The van der Waals surface area contributed by atoms with Crippen LogP contribution in [-0.2, 0) is 11.2 Å². The van der Waals surface area contributed by atoms with E-state index in [9.17, 15) is 4.79 Å². The number of rotatable bonds is 9. The van der Waals surface area contributed by atoms with Gasteiger partial charge in [0.2, 0.25) is 5.91 Å². The highest BCUT2D eigenvalue weighted by Gasteiger charge is 2.10. The molecular weight excluding hydrogens is 348 g/mol. The Kier molecular flexibility index (Phi) is 7.08. The minimum absolute atomic E-state index is 0.00689. The van der Waals surface area contributed by atoms with Crippen LogP contribution in [0.15, 0.2) is 84.9 Å². The van der Waals surface area contributed by atoms with Crippen molar-refractivity contribution in [2.24, 2.45) is 0 Å². The number of likely N-dealkylation sites (N-methyl/N-ethyl adjacent to an activating group) is 1. The van der Waals surface area contributed by atoms with E-state index in [0.717, 1.165) is 30.0 Å². The number of aryl methyl sites for hydroxylation is 1. The second-order valence-corrected chi connectivity index (χ2v) is 6.60. The summed E-state index contributed by atoms with van der Waals surface area (Å²) in [5.41, 5.74) is 3.11. The first kappa shape index (κ1) is 19.5. The molecule has 0 aliphatic carbocycles. The van der Waals surface area contributed by atoms with Crippen molar-refractivity contribution >= 4 is 17.3 Å². The van der Waals surface area contributed by atoms with Crippen molar-refractivity contribution in [2.75, 3.05) is 30.4 Å². The summed E-state index contributed by atoms with van der Waals surface area (Å²) in [4.78, 5) is 14.0. The Labute approximate surface area is 166 Å². The lowest BCUT2D eigenvalue weighted by atomic mass is 10.1. The molecule has 3 aromatic rings. The number of amides is 1. The number of carbonyl (C=O) groups is 1. The fourth-order valence-corrected chi connectivity index (χ4v) is 2.87. The Bertz CT molecular complexity index is 849. The molecule has 0 fully saturated rings. The molecule has 0 radical (unpaired) electrons. The lowest BCUT2D eigenvalue weighted by molar-refractivity contribution is -0.116. The van der Waals surface area contributed by atoms with Crippen LogP contribution in [0.2, 0.25) is 0 Å². The molecule has 0 aliphatic rings. The summed E-state index contributed by atoms with van der Waals surface area (Å²) in [7, 11) is 1.78. The molecule has 0 saturated heterocycles. The predicted molar refractivity (Wildman–Crippen MR) is 115 cm³/mol. The van der Waals surface area contributed by atoms with Gasteiger partial charge in [-0.05, 0) is 54.8 Å². The van der Waals surface area contributed by atoms with Crippen molar-refractivity contribution in [3.8, 4) is 5.75 Å². The Morgan fingerprint density at radius 3 is 2.21 bits per heavy atom. The standard InChI is InChI=1S/C24H26N2O2/c1-26(22-12-6-3-7-13-22)24(27)19-25-21-14-16-23(17-15-21)28-18-8-11-20-9-4-2-5-10-20/h2-7,9-10,12-17,25H,8,11,18-19H2,1H3. The molecule has 144 valence electrons. The van der Waals surface area contributed by atoms with Gasteiger partial charge < -0.3 is 15.0 Å². The molecule has 0 aromatic heterocycles. The molecule has 1 amide bonds. The first-order valence-electron chi connectivity index (χ1n) is 9.54. The summed E-state index contributed by atoms with van der Waals surface area (Å²) in [5.74, 6) is 0.846. The Morgan fingerprint density at radius 1 is 0.893 bits per heavy atom. The van der Waals surface area contributed by atoms with Crippen LogP contribution in [-0.4, -0.2) is 26.1 Å². The Hall–Kier alpha value is -3.27. The monoisotopic (exact) mass is 374 g/mol. The zero-order chi connectivity index (χ0) is 19.6. The van der Waals surface area contributed by atoms with Crippen LogP contribution < -0.4 is 15.0 Å². The van der Waals surface area contributed by atoms with Gasteiger partial charge in [0.15, 0.2) is 0 Å². The van der Waals surface area contributed by atoms with E-state index < -0.39 is 0 Å². The molecule has 0 heterocycles. The van der Waals surface area contributed by atoms with Gasteiger partial charge in [-0.25, -0.2) is 0 Å². The van der Waals surface area contributed by atoms with Gasteiger partial charge in [-0.2, -0.15) is 0 Å². The minimum Gasteiger partial charge on any atom is -0.494 e. The number of hydrogen-bond acceptors (Lipinski definition) is 3. The zero-order valence-electron chi connectivity index (χ0n) is 16.2. The molecule has 3 aromatic carbocycles. The van der Waals surface area contributed by atoms with Crippen LogP contribution >= 0.6 is 0 Å². The number of para-hydroxylation sites is 1. The summed E-state index contributed by atoms with van der Waals surface area (Å²) < 4.78 is 5.80. The molecule has 1 N–H and O–H groups in total. The topological polar surface area (TPSA) is 41.6 Å². The maximum atomic E-state index is 12.3. The van der Waals surface area contributed by atoms with E-state index in [4.69, 9.17) is 4.74 Å². The molecule has 0 saturated carbocycles. The van der Waals surface area contributed by atoms with E-state index in [0.29, 0.717) is 6.61 Å². The average molecular weight is 374 g/mol. The molecule has 28 heavy (non-hydrogen) atoms. The van der Waals surface area contributed by atoms with Gasteiger partial charge in [0, 0.05) is 18.4 Å². The van der Waals surface area contributed by atoms with Gasteiger partial charge in [0.25, 0.3) is 0 Å². The fourth-order valence-electron chi connectivity index (χ4n) is 2.87. The van der Waals surface area contributed by atoms with Gasteiger partial charge in [0.1, 0.15) is 5.75 Å². The average Bonchev–Trinajstić information content (AvgIpc) is 2.76. The molecule has 0 unspecified atom stereocenters. The predicted octanol–water partition coefficient (Wildman–Crippen LogP) is 4.77. The summed E-state index contributed by atoms with van der Waals surface area (Å²) in [6.07, 6.45) is 1.99. The third-order valence-corrected chi connectivity index (χ3v) is 4.54. The highest BCUT2D eigenvalue weighted by molar-refractivity contribution is 5.95. The molecule has 4 heteroatoms. The fraction of sp³-hybridized carbons (Fsp3) is 0.208. The summed E-state index contributed by atoms with van der Waals surface area (Å²) in [5, 5.41) is 3.16. The number of anilines is 2. The van der Waals surface area contributed by atoms with Crippen LogP contribution in [0.5, 0.6) is 5.75 Å². The molecule has 0 atom stereocenters. The van der Waals surface area contributed by atoms with E-state index in [2.05, 4.69) is 29.6 Å². The summed E-state index contributed by atoms with van der Waals surface area (Å²) >= 11 is 0. The zero-order valence-corrected chi connectivity index (χ0v) is 16.2. The molecule has 3 rings (SSSR count). The number of benzene rings is 3. The van der Waals surface area contributed by atoms with Gasteiger partial charge in [-0.15, -0.1) is 0 Å². The lowest BCUT2D eigenvalue weighted by Crippen LogP contribution is -2.32. The van der Waals surface area contributed by atoms with Crippen molar-refractivity contribution in [3.05, 3.63) is 90.5 Å². The molecule has 0 bridgehead atoms. The number of nitrogens with one attached hydrogen (secondary N) is 1. The largest absolute Gasteiger partial charge is 0.494 e. The number of nitrogens with zero attached hydrogens (tertiary/aromatic N) is 1. The second-order valence-electron chi connectivity index (χ2n) is 6.60. The van der Waals surface area contributed by atoms with E-state index >= 15 is 0 Å². The maximum absolute atomic E-state index is 12.3. The van der Waals surface area contributed by atoms with Crippen LogP contribution in [0.25, 0.3) is 0 Å². The van der Waals surface area contributed by atoms with Crippen LogP contribution in [0.3, 0.4) is 0 Å². The smallest absolute Gasteiger partial charge is 0.246 e. The first-order valence-corrected chi connectivity index (χ1v) is 9.54. The van der Waals surface area contributed by atoms with E-state index in [1.165, 1.54) is 5.56 Å². The Balaban J connectivity index is 1.40. The van der Waals surface area contributed by atoms with Crippen LogP contribution in [0.4, 0.5) is 11.4 Å². The minimum atomic E-state index is 0.00689. The molecule has 0 spiro atoms. The van der Waals surface area contributed by atoms with Gasteiger partial charge in [-0.3, -0.25) is 4.79 Å². The third-order valence-electron chi connectivity index (χ3n) is 4.54. The first-order chi connectivity index (χ1) is 13.7. The normalized spacial score (nSPS) is 10.3. The van der Waals surface area contributed by atoms with Crippen molar-refractivity contribution in [3.63, 3.8) is 0 Å². The highest BCUT2D eigenvalue weighted by Crippen LogP contribution is 2.17. The molecular formula is C24H26N2O2. The molecule has 0 aliphatic heterocycles. The van der Waals surface area contributed by atoms with Crippen molar-refractivity contribution in [1.29, 1.82) is 0 Å². The van der Waals surface area contributed by atoms with Crippen LogP contribution in [0.1, 0.15) is 12.0 Å². The number of ether oxygens (including phenoxy) is 1. The van der Waals surface area contributed by atoms with Gasteiger partial charge in [-0.1, -0.05) is 48.5 Å². The van der Waals surface area contributed by atoms with Crippen molar-refractivity contribution < 1.29 is 9.53 Å². The van der Waals surface area contributed by atoms with Crippen molar-refractivity contribution in [1.82, 2.24) is 0 Å². The highest BCUT2D eigenvalue weighted by atomic mass is 16.5. The van der Waals surface area contributed by atoms with E-state index in [1.54, 1.807) is 11.9 Å². The number of hydrogen-bond donors (Lipinski definition) is 1. The van der Waals surface area contributed by atoms with Gasteiger partial charge >= 0.3 is 0 Å². The van der Waals surface area contributed by atoms with E-state index in [1.807, 2.05) is 60.7 Å². The van der Waals surface area contributed by atoms with E-state index in [-0.39, 0.29) is 12.5 Å². The van der Waals surface area contributed by atoms with Crippen molar-refractivity contribution in [2.45, 2.75) is 12.8 Å². The SMILES string of the molecule is CN(C(=O)CNc1ccc(OCCCc2ccccc2)cc1)c1ccccc1. The Morgan fingerprint density at radius 2 is 1.54 bits per heavy atom. The van der Waals surface area contributed by atoms with Gasteiger partial charge in [0.05, 0.1) is 13.2 Å². The molecule has 4 nitrogen and oxygen atoms in total. The summed E-state index contributed by atoms with van der Waals surface area (Å²) in [6.45, 7) is 0.921. The van der Waals surface area contributed by atoms with Crippen LogP contribution in [0, 0.1) is 0 Å². The summed E-state index contributed by atoms with van der Waals surface area (Å²) in [6, 6.07) is 27.8. The maximum Gasteiger partial charge on any atom is 0.246 e. The second kappa shape index (κ2) is 10.2. The number of carbonyl (C=O) groups excluding carboxylic acids is 1. The lowest BCUT2D eigenvalue weighted by Gasteiger charge is -2.18. The third kappa shape index (κ3) is 5.88. The quantitative estimate of drug-likeness (QED) is 0.549.